The quantitative estimate of drug-likeness (QED) is 0.639. The van der Waals surface area contributed by atoms with Crippen LogP contribution in [-0.2, 0) is 20.9 Å². The number of carbonyl (C=O) groups is 3. The second-order valence-electron chi connectivity index (χ2n) is 7.83. The van der Waals surface area contributed by atoms with Gasteiger partial charge in [-0.2, -0.15) is 0 Å². The van der Waals surface area contributed by atoms with Crippen molar-refractivity contribution < 1.29 is 19.1 Å². The third kappa shape index (κ3) is 6.07. The van der Waals surface area contributed by atoms with Crippen LogP contribution in [0.1, 0.15) is 43.7 Å². The van der Waals surface area contributed by atoms with Crippen molar-refractivity contribution in [2.75, 3.05) is 13.2 Å². The number of benzene rings is 2. The van der Waals surface area contributed by atoms with Crippen molar-refractivity contribution in [3.63, 3.8) is 0 Å². The van der Waals surface area contributed by atoms with E-state index in [1.807, 2.05) is 54.6 Å². The lowest BCUT2D eigenvalue weighted by molar-refractivity contribution is -0.132. The van der Waals surface area contributed by atoms with Crippen LogP contribution in [0.4, 0.5) is 0 Å². The largest absolute Gasteiger partial charge is 0.483 e. The topological polar surface area (TPSA) is 87.7 Å². The number of likely N-dealkylation sites (tertiary alicyclic amines) is 1. The van der Waals surface area contributed by atoms with E-state index in [9.17, 15) is 14.4 Å². The number of ether oxygens (including phenoxy) is 1. The van der Waals surface area contributed by atoms with E-state index in [1.165, 1.54) is 0 Å². The first-order valence-corrected chi connectivity index (χ1v) is 10.6. The van der Waals surface area contributed by atoms with Gasteiger partial charge in [0.05, 0.1) is 5.92 Å². The molecule has 1 aliphatic heterocycles. The van der Waals surface area contributed by atoms with Crippen LogP contribution in [-0.4, -0.2) is 35.8 Å². The van der Waals surface area contributed by atoms with Crippen LogP contribution in [0.5, 0.6) is 5.75 Å². The van der Waals surface area contributed by atoms with Crippen LogP contribution in [0, 0.1) is 5.92 Å². The normalized spacial score (nSPS) is 16.6. The highest BCUT2D eigenvalue weighted by Gasteiger charge is 2.34. The van der Waals surface area contributed by atoms with E-state index in [2.05, 4.69) is 24.7 Å². The van der Waals surface area contributed by atoms with Crippen molar-refractivity contribution in [1.82, 2.24) is 15.8 Å². The molecular weight excluding hydrogens is 394 g/mol. The predicted octanol–water partition coefficient (Wildman–Crippen LogP) is 2.78. The van der Waals surface area contributed by atoms with Crippen molar-refractivity contribution in [2.24, 2.45) is 5.92 Å². The van der Waals surface area contributed by atoms with Crippen LogP contribution < -0.4 is 15.6 Å². The summed E-state index contributed by atoms with van der Waals surface area (Å²) in [4.78, 5) is 38.4. The lowest BCUT2D eigenvalue weighted by atomic mass is 9.98. The molecule has 1 fully saturated rings. The van der Waals surface area contributed by atoms with Gasteiger partial charge in [0.25, 0.3) is 5.91 Å². The number of rotatable bonds is 8. The van der Waals surface area contributed by atoms with Gasteiger partial charge in [-0.25, -0.2) is 0 Å². The molecule has 3 rings (SSSR count). The van der Waals surface area contributed by atoms with E-state index in [-0.39, 0.29) is 24.8 Å². The second-order valence-corrected chi connectivity index (χ2v) is 7.83. The third-order valence-corrected chi connectivity index (χ3v) is 5.55. The lowest BCUT2D eigenvalue weighted by Gasteiger charge is -2.17. The fourth-order valence-electron chi connectivity index (χ4n) is 3.56. The molecule has 0 aromatic heterocycles. The fourth-order valence-corrected chi connectivity index (χ4v) is 3.56. The molecule has 0 aliphatic carbocycles. The SMILES string of the molecule is CCC(C)c1ccccc1OCC(=O)NNC(=O)C1CC(=O)N(Cc2ccccc2)C1. The number of hydrogen-bond donors (Lipinski definition) is 2. The molecule has 2 unspecified atom stereocenters. The average molecular weight is 424 g/mol. The molecule has 7 nitrogen and oxygen atoms in total. The van der Waals surface area contributed by atoms with E-state index < -0.39 is 11.8 Å². The Balaban J connectivity index is 1.44. The van der Waals surface area contributed by atoms with Gasteiger partial charge in [0, 0.05) is 19.5 Å². The number of nitrogens with zero attached hydrogens (tertiary/aromatic N) is 1. The molecule has 1 aliphatic rings. The molecule has 7 heteroatoms. The van der Waals surface area contributed by atoms with Crippen LogP contribution >= 0.6 is 0 Å². The zero-order valence-electron chi connectivity index (χ0n) is 18.0. The predicted molar refractivity (Wildman–Crippen MR) is 117 cm³/mol. The van der Waals surface area contributed by atoms with Crippen LogP contribution in [0.15, 0.2) is 54.6 Å². The number of hydrogen-bond acceptors (Lipinski definition) is 4. The molecule has 2 aromatic carbocycles. The minimum absolute atomic E-state index is 0.0692. The Morgan fingerprint density at radius 3 is 2.55 bits per heavy atom. The van der Waals surface area contributed by atoms with Gasteiger partial charge in [0.2, 0.25) is 11.8 Å². The minimum Gasteiger partial charge on any atom is -0.483 e. The average Bonchev–Trinajstić information content (AvgIpc) is 3.16. The molecule has 2 N–H and O–H groups in total. The Hall–Kier alpha value is -3.35. The van der Waals surface area contributed by atoms with Crippen molar-refractivity contribution in [2.45, 2.75) is 39.2 Å². The smallest absolute Gasteiger partial charge is 0.276 e. The highest BCUT2D eigenvalue weighted by Crippen LogP contribution is 2.28. The molecule has 1 saturated heterocycles. The number of amides is 3. The maximum Gasteiger partial charge on any atom is 0.276 e. The van der Waals surface area contributed by atoms with Gasteiger partial charge >= 0.3 is 0 Å². The summed E-state index contributed by atoms with van der Waals surface area (Å²) in [6.45, 7) is 4.79. The zero-order valence-corrected chi connectivity index (χ0v) is 18.0. The summed E-state index contributed by atoms with van der Waals surface area (Å²) in [5.41, 5.74) is 6.86. The summed E-state index contributed by atoms with van der Waals surface area (Å²) >= 11 is 0. The summed E-state index contributed by atoms with van der Waals surface area (Å²) in [5.74, 6) is -0.423. The molecule has 0 radical (unpaired) electrons. The van der Waals surface area contributed by atoms with Gasteiger partial charge < -0.3 is 9.64 Å². The van der Waals surface area contributed by atoms with Crippen LogP contribution in [0.3, 0.4) is 0 Å². The maximum absolute atomic E-state index is 12.4. The molecule has 164 valence electrons. The van der Waals surface area contributed by atoms with E-state index in [0.29, 0.717) is 24.8 Å². The summed E-state index contributed by atoms with van der Waals surface area (Å²) < 4.78 is 5.65. The standard InChI is InChI=1S/C24H29N3O4/c1-3-17(2)20-11-7-8-12-21(20)31-16-22(28)25-26-24(30)19-13-23(29)27(15-19)14-18-9-5-4-6-10-18/h4-12,17,19H,3,13-16H2,1-2H3,(H,25,28)(H,26,30). The Bertz CT molecular complexity index is 916. The van der Waals surface area contributed by atoms with Crippen molar-refractivity contribution in [3.8, 4) is 5.75 Å². The lowest BCUT2D eigenvalue weighted by Crippen LogP contribution is -2.46. The molecule has 0 spiro atoms. The van der Waals surface area contributed by atoms with Crippen molar-refractivity contribution >= 4 is 17.7 Å². The molecule has 1 heterocycles. The number of para-hydroxylation sites is 1. The van der Waals surface area contributed by atoms with E-state index in [0.717, 1.165) is 17.5 Å². The molecule has 3 amide bonds. The molecule has 2 aromatic rings. The van der Waals surface area contributed by atoms with Gasteiger partial charge in [0.1, 0.15) is 5.75 Å². The molecular formula is C24H29N3O4. The van der Waals surface area contributed by atoms with E-state index in [1.54, 1.807) is 4.90 Å². The third-order valence-electron chi connectivity index (χ3n) is 5.55. The minimum atomic E-state index is -0.497. The Kier molecular flexibility index (Phi) is 7.65. The van der Waals surface area contributed by atoms with Gasteiger partial charge in [-0.15, -0.1) is 0 Å². The molecule has 2 atom stereocenters. The van der Waals surface area contributed by atoms with Gasteiger partial charge in [0.15, 0.2) is 6.61 Å². The van der Waals surface area contributed by atoms with Crippen LogP contribution in [0.2, 0.25) is 0 Å². The van der Waals surface area contributed by atoms with Gasteiger partial charge in [-0.3, -0.25) is 25.2 Å². The van der Waals surface area contributed by atoms with E-state index in [4.69, 9.17) is 4.74 Å². The van der Waals surface area contributed by atoms with Crippen molar-refractivity contribution in [3.05, 3.63) is 65.7 Å². The number of carbonyl (C=O) groups excluding carboxylic acids is 3. The maximum atomic E-state index is 12.4. The summed E-state index contributed by atoms with van der Waals surface area (Å²) in [5, 5.41) is 0. The second kappa shape index (κ2) is 10.6. The van der Waals surface area contributed by atoms with E-state index >= 15 is 0 Å². The monoisotopic (exact) mass is 423 g/mol. The first kappa shape index (κ1) is 22.3. The van der Waals surface area contributed by atoms with Gasteiger partial charge in [-0.1, -0.05) is 62.4 Å². The van der Waals surface area contributed by atoms with Crippen molar-refractivity contribution in [1.29, 1.82) is 0 Å². The highest BCUT2D eigenvalue weighted by atomic mass is 16.5. The zero-order chi connectivity index (χ0) is 22.2. The Labute approximate surface area is 182 Å². The molecule has 0 saturated carbocycles. The Morgan fingerprint density at radius 1 is 1.10 bits per heavy atom. The van der Waals surface area contributed by atoms with Crippen LogP contribution in [0.25, 0.3) is 0 Å². The Morgan fingerprint density at radius 2 is 1.81 bits per heavy atom. The molecule has 31 heavy (non-hydrogen) atoms. The molecule has 0 bridgehead atoms. The fraction of sp³-hybridized carbons (Fsp3) is 0.375. The summed E-state index contributed by atoms with van der Waals surface area (Å²) in [6.07, 6.45) is 1.09. The first-order valence-electron chi connectivity index (χ1n) is 10.6. The summed E-state index contributed by atoms with van der Waals surface area (Å²) in [6, 6.07) is 17.3. The number of hydrazine groups is 1. The number of nitrogens with one attached hydrogen (secondary N) is 2. The summed E-state index contributed by atoms with van der Waals surface area (Å²) in [7, 11) is 0. The van der Waals surface area contributed by atoms with Gasteiger partial charge in [-0.05, 0) is 29.5 Å². The highest BCUT2D eigenvalue weighted by molar-refractivity contribution is 5.90. The first-order chi connectivity index (χ1) is 15.0.